The molecule has 0 aromatic heterocycles. The number of ether oxygens (including phenoxy) is 2. The van der Waals surface area contributed by atoms with Crippen molar-refractivity contribution >= 4 is 50.7 Å². The maximum Gasteiger partial charge on any atom is 0.264 e. The van der Waals surface area contributed by atoms with Gasteiger partial charge in [0, 0.05) is 23.6 Å². The van der Waals surface area contributed by atoms with E-state index in [1.54, 1.807) is 37.3 Å². The second-order valence-electron chi connectivity index (χ2n) is 8.41. The van der Waals surface area contributed by atoms with Gasteiger partial charge in [0.2, 0.25) is 11.8 Å². The minimum atomic E-state index is -4.27. The van der Waals surface area contributed by atoms with Crippen molar-refractivity contribution in [1.82, 2.24) is 10.2 Å². The number of rotatable bonds is 11. The lowest BCUT2D eigenvalue weighted by molar-refractivity contribution is -0.139. The van der Waals surface area contributed by atoms with Gasteiger partial charge >= 0.3 is 0 Å². The number of nitrogens with one attached hydrogen (secondary N) is 1. The van der Waals surface area contributed by atoms with E-state index in [2.05, 4.69) is 5.32 Å². The van der Waals surface area contributed by atoms with Crippen molar-refractivity contribution in [3.05, 3.63) is 82.3 Å². The van der Waals surface area contributed by atoms with Crippen LogP contribution in [0.1, 0.15) is 12.5 Å². The molecule has 0 unspecified atom stereocenters. The molecule has 1 atom stereocenters. The molecule has 0 saturated carbocycles. The van der Waals surface area contributed by atoms with Gasteiger partial charge in [0.05, 0.1) is 24.8 Å². The number of amides is 2. The molecule has 0 aliphatic rings. The van der Waals surface area contributed by atoms with Crippen LogP contribution < -0.4 is 19.1 Å². The van der Waals surface area contributed by atoms with Crippen LogP contribution in [0, 0.1) is 0 Å². The second-order valence-corrected chi connectivity index (χ2v) is 11.1. The lowest BCUT2D eigenvalue weighted by Gasteiger charge is -2.32. The van der Waals surface area contributed by atoms with Gasteiger partial charge in [-0.1, -0.05) is 41.4 Å². The summed E-state index contributed by atoms with van der Waals surface area (Å²) in [6, 6.07) is 16.1. The SMILES string of the molecule is CNC(=O)[C@H](C)N(Cc1ccc(Cl)cc1Cl)C(=O)CN(c1ccccc1OC)S(=O)(=O)c1ccc(OC)cc1. The standard InChI is InChI=1S/C27H29Cl2N3O6S/c1-18(27(34)30-2)31(16-19-9-10-20(28)15-23(19)29)26(33)17-32(24-7-5-6-8-25(24)38-4)39(35,36)22-13-11-21(37-3)12-14-22/h5-15,18H,16-17H2,1-4H3,(H,30,34)/t18-/m0/s1. The Labute approximate surface area is 238 Å². The number of para-hydroxylation sites is 2. The molecule has 9 nitrogen and oxygen atoms in total. The molecule has 0 aliphatic heterocycles. The molecule has 0 spiro atoms. The van der Waals surface area contributed by atoms with Crippen LogP contribution in [-0.2, 0) is 26.2 Å². The number of anilines is 1. The van der Waals surface area contributed by atoms with Gasteiger partial charge in [-0.05, 0) is 61.0 Å². The molecule has 2 amide bonds. The minimum absolute atomic E-state index is 0.0614. The Morgan fingerprint density at radius 3 is 2.23 bits per heavy atom. The molecule has 0 saturated heterocycles. The minimum Gasteiger partial charge on any atom is -0.497 e. The van der Waals surface area contributed by atoms with Gasteiger partial charge in [0.15, 0.2) is 0 Å². The van der Waals surface area contributed by atoms with Gasteiger partial charge in [-0.3, -0.25) is 13.9 Å². The summed E-state index contributed by atoms with van der Waals surface area (Å²) in [7, 11) is 0.0530. The lowest BCUT2D eigenvalue weighted by atomic mass is 10.1. The fourth-order valence-corrected chi connectivity index (χ4v) is 5.74. The Bertz CT molecular complexity index is 1430. The maximum atomic E-state index is 13.9. The molecule has 3 rings (SSSR count). The maximum absolute atomic E-state index is 13.9. The van der Waals surface area contributed by atoms with Gasteiger partial charge in [0.25, 0.3) is 10.0 Å². The summed E-state index contributed by atoms with van der Waals surface area (Å²) in [4.78, 5) is 27.7. The first-order valence-electron chi connectivity index (χ1n) is 11.8. The van der Waals surface area contributed by atoms with Gasteiger partial charge in [0.1, 0.15) is 24.1 Å². The van der Waals surface area contributed by atoms with Gasteiger partial charge in [-0.15, -0.1) is 0 Å². The topological polar surface area (TPSA) is 105 Å². The molecule has 0 radical (unpaired) electrons. The highest BCUT2D eigenvalue weighted by Gasteiger charge is 2.33. The molecule has 39 heavy (non-hydrogen) atoms. The average molecular weight is 595 g/mol. The zero-order valence-electron chi connectivity index (χ0n) is 21.9. The van der Waals surface area contributed by atoms with Crippen molar-refractivity contribution in [2.45, 2.75) is 24.4 Å². The number of hydrogen-bond donors (Lipinski definition) is 1. The summed E-state index contributed by atoms with van der Waals surface area (Å²) >= 11 is 12.4. The molecule has 3 aromatic carbocycles. The zero-order valence-corrected chi connectivity index (χ0v) is 24.2. The van der Waals surface area contributed by atoms with E-state index in [-0.39, 0.29) is 22.9 Å². The lowest BCUT2D eigenvalue weighted by Crippen LogP contribution is -2.50. The summed E-state index contributed by atoms with van der Waals surface area (Å²) in [5.41, 5.74) is 0.688. The largest absolute Gasteiger partial charge is 0.497 e. The van der Waals surface area contributed by atoms with E-state index in [1.165, 1.54) is 62.6 Å². The van der Waals surface area contributed by atoms with Crippen LogP contribution in [0.15, 0.2) is 71.6 Å². The molecule has 208 valence electrons. The molecule has 3 aromatic rings. The first-order chi connectivity index (χ1) is 18.5. The third kappa shape index (κ3) is 6.95. The van der Waals surface area contributed by atoms with Crippen molar-refractivity contribution < 1.29 is 27.5 Å². The number of methoxy groups -OCH3 is 2. The fraction of sp³-hybridized carbons (Fsp3) is 0.259. The zero-order chi connectivity index (χ0) is 28.7. The Kier molecular flexibility index (Phi) is 10.1. The fourth-order valence-electron chi connectivity index (χ4n) is 3.85. The summed E-state index contributed by atoms with van der Waals surface area (Å²) in [6.07, 6.45) is 0. The number of sulfonamides is 1. The highest BCUT2D eigenvalue weighted by Crippen LogP contribution is 2.33. The molecular formula is C27H29Cl2N3O6S. The van der Waals surface area contributed by atoms with Crippen LogP contribution in [0.3, 0.4) is 0 Å². The summed E-state index contributed by atoms with van der Waals surface area (Å²) < 4.78 is 39.3. The molecule has 0 aliphatic carbocycles. The Morgan fingerprint density at radius 1 is 0.974 bits per heavy atom. The number of nitrogens with zero attached hydrogens (tertiary/aromatic N) is 2. The number of likely N-dealkylation sites (N-methyl/N-ethyl adjacent to an activating group) is 1. The van der Waals surface area contributed by atoms with Crippen molar-refractivity contribution in [1.29, 1.82) is 0 Å². The van der Waals surface area contributed by atoms with Gasteiger partial charge in [-0.2, -0.15) is 0 Å². The van der Waals surface area contributed by atoms with E-state index in [0.29, 0.717) is 21.4 Å². The van der Waals surface area contributed by atoms with Crippen molar-refractivity contribution in [3.63, 3.8) is 0 Å². The normalized spacial score (nSPS) is 11.8. The highest BCUT2D eigenvalue weighted by atomic mass is 35.5. The Morgan fingerprint density at radius 2 is 1.64 bits per heavy atom. The van der Waals surface area contributed by atoms with Crippen molar-refractivity contribution in [2.75, 3.05) is 32.1 Å². The van der Waals surface area contributed by atoms with Crippen LogP contribution in [0.5, 0.6) is 11.5 Å². The molecular weight excluding hydrogens is 565 g/mol. The van der Waals surface area contributed by atoms with E-state index in [9.17, 15) is 18.0 Å². The average Bonchev–Trinajstić information content (AvgIpc) is 2.94. The van der Waals surface area contributed by atoms with E-state index < -0.39 is 34.4 Å². The smallest absolute Gasteiger partial charge is 0.264 e. The van der Waals surface area contributed by atoms with Crippen LogP contribution >= 0.6 is 23.2 Å². The molecule has 0 fully saturated rings. The van der Waals surface area contributed by atoms with Gasteiger partial charge < -0.3 is 19.7 Å². The third-order valence-electron chi connectivity index (χ3n) is 6.05. The molecule has 0 bridgehead atoms. The predicted octanol–water partition coefficient (Wildman–Crippen LogP) is 4.37. The van der Waals surface area contributed by atoms with E-state index in [4.69, 9.17) is 32.7 Å². The molecule has 12 heteroatoms. The van der Waals surface area contributed by atoms with Crippen molar-refractivity contribution in [2.24, 2.45) is 0 Å². The van der Waals surface area contributed by atoms with Crippen LogP contribution in [-0.4, -0.2) is 59.0 Å². The van der Waals surface area contributed by atoms with E-state index in [0.717, 1.165) is 4.31 Å². The summed E-state index contributed by atoms with van der Waals surface area (Å²) in [5, 5.41) is 3.24. The second kappa shape index (κ2) is 13.1. The van der Waals surface area contributed by atoms with E-state index in [1.807, 2.05) is 0 Å². The Hall–Kier alpha value is -3.47. The van der Waals surface area contributed by atoms with Crippen molar-refractivity contribution in [3.8, 4) is 11.5 Å². The molecule has 0 heterocycles. The summed E-state index contributed by atoms with van der Waals surface area (Å²) in [5.74, 6) is -0.358. The number of carbonyl (C=O) groups is 2. The first kappa shape index (κ1) is 30.1. The third-order valence-corrected chi connectivity index (χ3v) is 8.41. The number of halogens is 2. The Balaban J connectivity index is 2.09. The monoisotopic (exact) mass is 593 g/mol. The summed E-state index contributed by atoms with van der Waals surface area (Å²) in [6.45, 7) is 0.860. The van der Waals surface area contributed by atoms with Crippen LogP contribution in [0.4, 0.5) is 5.69 Å². The van der Waals surface area contributed by atoms with Gasteiger partial charge in [-0.25, -0.2) is 8.42 Å². The van der Waals surface area contributed by atoms with Crippen LogP contribution in [0.2, 0.25) is 10.0 Å². The first-order valence-corrected chi connectivity index (χ1v) is 14.0. The number of hydrogen-bond acceptors (Lipinski definition) is 6. The predicted molar refractivity (Wildman–Crippen MR) is 151 cm³/mol. The quantitative estimate of drug-likeness (QED) is 0.354. The highest BCUT2D eigenvalue weighted by molar-refractivity contribution is 7.92. The number of benzene rings is 3. The van der Waals surface area contributed by atoms with E-state index >= 15 is 0 Å². The molecule has 1 N–H and O–H groups in total. The van der Waals surface area contributed by atoms with Crippen LogP contribution in [0.25, 0.3) is 0 Å². The number of carbonyl (C=O) groups excluding carboxylic acids is 2.